The number of carbonyl (C=O) groups excluding carboxylic acids is 3. The molecule has 60 heavy (non-hydrogen) atoms. The van der Waals surface area contributed by atoms with E-state index in [2.05, 4.69) is 34.2 Å². The fourth-order valence-electron chi connectivity index (χ4n) is 9.84. The number of aliphatic hydroxyl groups excluding tert-OH is 1. The smallest absolute Gasteiger partial charge is 0.410 e. The molecule has 0 saturated carbocycles. The fraction of sp³-hybridized carbons (Fsp3) is 0.705. The summed E-state index contributed by atoms with van der Waals surface area (Å²) in [4.78, 5) is 52.2. The Hall–Kier alpha value is -4.27. The normalized spacial score (nSPS) is 36.4. The Balaban J connectivity index is 1.36. The summed E-state index contributed by atoms with van der Waals surface area (Å²) < 4.78 is 32.3. The number of aryl methyl sites for hydroxylation is 1. The number of cyclic esters (lactones) is 1. The molecule has 2 bridgehead atoms. The lowest BCUT2D eigenvalue weighted by atomic mass is 9.73. The molecular formula is C44H63N7O9. The summed E-state index contributed by atoms with van der Waals surface area (Å²) >= 11 is 0. The molecule has 0 radical (unpaired) electrons. The van der Waals surface area contributed by atoms with Gasteiger partial charge in [-0.25, -0.2) is 4.79 Å². The summed E-state index contributed by atoms with van der Waals surface area (Å²) in [7, 11) is 5.51. The number of fused-ring (bicyclic) bond motifs is 1. The van der Waals surface area contributed by atoms with Gasteiger partial charge in [0.1, 0.15) is 24.7 Å². The van der Waals surface area contributed by atoms with E-state index in [0.29, 0.717) is 44.6 Å². The van der Waals surface area contributed by atoms with E-state index >= 15 is 0 Å². The van der Waals surface area contributed by atoms with Gasteiger partial charge >= 0.3 is 12.1 Å². The molecule has 16 nitrogen and oxygen atoms in total. The van der Waals surface area contributed by atoms with Gasteiger partial charge in [0.2, 0.25) is 5.82 Å². The first-order valence-corrected chi connectivity index (χ1v) is 21.2. The molecule has 1 aromatic carbocycles. The van der Waals surface area contributed by atoms with Crippen LogP contribution in [0, 0.1) is 35.5 Å². The van der Waals surface area contributed by atoms with Crippen molar-refractivity contribution in [3.8, 4) is 23.2 Å². The van der Waals surface area contributed by atoms with Crippen molar-refractivity contribution >= 4 is 23.6 Å². The van der Waals surface area contributed by atoms with Crippen molar-refractivity contribution in [2.75, 3.05) is 33.8 Å². The van der Waals surface area contributed by atoms with Crippen molar-refractivity contribution in [2.24, 2.45) is 35.7 Å². The van der Waals surface area contributed by atoms with Crippen LogP contribution < -0.4 is 0 Å². The zero-order chi connectivity index (χ0) is 43.7. The molecule has 1 amide bonds. The lowest BCUT2D eigenvalue weighted by molar-refractivity contribution is -0.296. The summed E-state index contributed by atoms with van der Waals surface area (Å²) in [5.74, 6) is 3.11. The van der Waals surface area contributed by atoms with Crippen LogP contribution in [-0.4, -0.2) is 146 Å². The largest absolute Gasteiger partial charge is 0.458 e. The Morgan fingerprint density at radius 1 is 1.03 bits per heavy atom. The summed E-state index contributed by atoms with van der Waals surface area (Å²) in [6.07, 6.45) is -3.03. The predicted molar refractivity (Wildman–Crippen MR) is 222 cm³/mol. The number of aromatic nitrogens is 4. The maximum absolute atomic E-state index is 14.6. The first-order valence-electron chi connectivity index (χ1n) is 21.2. The van der Waals surface area contributed by atoms with Gasteiger partial charge in [0, 0.05) is 42.1 Å². The number of ketones is 1. The second-order valence-corrected chi connectivity index (χ2v) is 17.7. The summed E-state index contributed by atoms with van der Waals surface area (Å²) in [6, 6.07) is 7.02. The van der Waals surface area contributed by atoms with Crippen LogP contribution in [-0.2, 0) is 46.7 Å². The van der Waals surface area contributed by atoms with E-state index in [-0.39, 0.29) is 30.6 Å². The van der Waals surface area contributed by atoms with Gasteiger partial charge in [-0.05, 0) is 77.7 Å². The maximum atomic E-state index is 14.6. The van der Waals surface area contributed by atoms with Gasteiger partial charge in [-0.3, -0.25) is 19.5 Å². The number of ether oxygens (including phenoxy) is 5. The SMILES string of the molecule is CC[C@@H]1OC(=O)[C@H](C)C(=O)[C@H](C)[C@@H](O[C@@H]2O[C@H](C)C[C@H](N(C)C)[C@H]2O)[C@](C)(OCC#CCc2ccc(-c3nnn(C)n3)cc2)C[C@@H](C)C2=NCCN3C(=O)O[C@@]1(C)[C@H]3[C@@H]2C. The fourth-order valence-corrected chi connectivity index (χ4v) is 9.84. The Kier molecular flexibility index (Phi) is 13.9. The van der Waals surface area contributed by atoms with Crippen molar-refractivity contribution in [3.05, 3.63) is 29.8 Å². The van der Waals surface area contributed by atoms with E-state index in [1.54, 1.807) is 18.9 Å². The molecule has 1 aromatic heterocycles. The lowest BCUT2D eigenvalue weighted by Crippen LogP contribution is -2.60. The number of rotatable bonds is 8. The number of hydrogen-bond donors (Lipinski definition) is 1. The first kappa shape index (κ1) is 45.3. The molecule has 1 N–H and O–H groups in total. The highest BCUT2D eigenvalue weighted by Gasteiger charge is 2.60. The number of hydrogen-bond acceptors (Lipinski definition) is 14. The second-order valence-electron chi connectivity index (χ2n) is 17.7. The van der Waals surface area contributed by atoms with Crippen molar-refractivity contribution < 1.29 is 43.2 Å². The van der Waals surface area contributed by atoms with Crippen LogP contribution in [0.25, 0.3) is 11.4 Å². The van der Waals surface area contributed by atoms with Gasteiger partial charge in [-0.2, -0.15) is 4.80 Å². The molecule has 0 spiro atoms. The van der Waals surface area contributed by atoms with Gasteiger partial charge in [-0.1, -0.05) is 63.8 Å². The number of amides is 1. The summed E-state index contributed by atoms with van der Waals surface area (Å²) in [5, 5.41) is 23.9. The number of nitrogens with zero attached hydrogens (tertiary/aromatic N) is 7. The molecule has 328 valence electrons. The van der Waals surface area contributed by atoms with Gasteiger partial charge in [0.15, 0.2) is 17.7 Å². The number of Topliss-reactive ketones (excluding diaryl/α,β-unsaturated/α-hetero) is 1. The quantitative estimate of drug-likeness (QED) is 0.230. The molecular weight excluding hydrogens is 771 g/mol. The number of tetrazole rings is 1. The number of likely N-dealkylation sites (N-methyl/N-ethyl adjacent to an activating group) is 1. The van der Waals surface area contributed by atoms with Crippen LogP contribution in [0.5, 0.6) is 0 Å². The maximum Gasteiger partial charge on any atom is 0.410 e. The van der Waals surface area contributed by atoms with Gasteiger partial charge in [0.25, 0.3) is 0 Å². The number of esters is 1. The molecule has 5 heterocycles. The van der Waals surface area contributed by atoms with E-state index in [1.807, 2.05) is 77.9 Å². The minimum atomic E-state index is -1.24. The molecule has 4 aliphatic rings. The van der Waals surface area contributed by atoms with Gasteiger partial charge in [-0.15, -0.1) is 10.2 Å². The number of aliphatic hydroxyl groups is 1. The zero-order valence-electron chi connectivity index (χ0n) is 37.0. The Morgan fingerprint density at radius 2 is 1.75 bits per heavy atom. The molecule has 0 unspecified atom stereocenters. The Morgan fingerprint density at radius 3 is 2.40 bits per heavy atom. The standard InChI is InChI=1S/C44H63N7O9/c1-12-33-44(8)37-27(4)34(45-20-21-51(37)42(55)60-44)25(2)24-43(7,56-22-14-13-15-30-16-18-31(19-17-30)39-46-48-50(11)47-39)38(28(5)35(52)29(6)40(54)58-33)59-41-36(53)32(49(9)10)23-26(3)57-41/h16-19,25-29,32-33,36-38,41,53H,12,15,20-24H2,1-11H3/t25-,26-,27-,28+,29-,32+,33+,36-,37-,38-,41+,43-,44-/m1/s1. The van der Waals surface area contributed by atoms with Crippen LogP contribution in [0.15, 0.2) is 29.3 Å². The molecule has 4 aliphatic heterocycles. The van der Waals surface area contributed by atoms with E-state index in [4.69, 9.17) is 28.7 Å². The van der Waals surface area contributed by atoms with Gasteiger partial charge < -0.3 is 33.7 Å². The van der Waals surface area contributed by atoms with Crippen LogP contribution >= 0.6 is 0 Å². The molecule has 2 aromatic rings. The monoisotopic (exact) mass is 833 g/mol. The second kappa shape index (κ2) is 18.4. The van der Waals surface area contributed by atoms with Crippen LogP contribution in [0.1, 0.15) is 80.2 Å². The molecule has 3 fully saturated rings. The topological polar surface area (TPSA) is 180 Å². The minimum Gasteiger partial charge on any atom is -0.458 e. The van der Waals surface area contributed by atoms with E-state index in [0.717, 1.165) is 16.8 Å². The summed E-state index contributed by atoms with van der Waals surface area (Å²) in [5.41, 5.74) is 0.241. The van der Waals surface area contributed by atoms with Crippen LogP contribution in [0.2, 0.25) is 0 Å². The lowest BCUT2D eigenvalue weighted by Gasteiger charge is -2.47. The van der Waals surface area contributed by atoms with E-state index in [1.165, 1.54) is 11.7 Å². The van der Waals surface area contributed by atoms with E-state index < -0.39 is 71.5 Å². The van der Waals surface area contributed by atoms with Crippen molar-refractivity contribution in [2.45, 2.75) is 135 Å². The highest BCUT2D eigenvalue weighted by atomic mass is 16.7. The predicted octanol–water partition coefficient (Wildman–Crippen LogP) is 3.88. The minimum absolute atomic E-state index is 0.00891. The number of carbonyl (C=O) groups is 3. The third-order valence-corrected chi connectivity index (χ3v) is 13.0. The summed E-state index contributed by atoms with van der Waals surface area (Å²) in [6.45, 7) is 15.6. The molecule has 3 saturated heterocycles. The highest BCUT2D eigenvalue weighted by Crippen LogP contribution is 2.44. The van der Waals surface area contributed by atoms with Crippen LogP contribution in [0.3, 0.4) is 0 Å². The number of benzene rings is 1. The third-order valence-electron chi connectivity index (χ3n) is 13.0. The Bertz CT molecular complexity index is 1960. The molecule has 16 heteroatoms. The first-order chi connectivity index (χ1) is 28.4. The van der Waals surface area contributed by atoms with Crippen molar-refractivity contribution in [3.63, 3.8) is 0 Å². The molecule has 6 rings (SSSR count). The molecule has 0 aliphatic carbocycles. The Labute approximate surface area is 353 Å². The average molecular weight is 834 g/mol. The highest BCUT2D eigenvalue weighted by molar-refractivity contribution is 6.00. The average Bonchev–Trinajstić information content (AvgIpc) is 3.69. The van der Waals surface area contributed by atoms with Crippen molar-refractivity contribution in [1.29, 1.82) is 0 Å². The van der Waals surface area contributed by atoms with Crippen molar-refractivity contribution in [1.82, 2.24) is 30.0 Å². The van der Waals surface area contributed by atoms with E-state index in [9.17, 15) is 19.5 Å². The third kappa shape index (κ3) is 9.16. The molecule has 13 atom stereocenters. The van der Waals surface area contributed by atoms with Gasteiger partial charge in [0.05, 0.1) is 37.4 Å². The van der Waals surface area contributed by atoms with Crippen LogP contribution in [0.4, 0.5) is 4.79 Å². The number of aliphatic imine (C=N–C) groups is 1. The zero-order valence-corrected chi connectivity index (χ0v) is 37.0.